The molecule has 2 amide bonds. The summed E-state index contributed by atoms with van der Waals surface area (Å²) in [5.74, 6) is -0.163. The van der Waals surface area contributed by atoms with Gasteiger partial charge in [0.05, 0.1) is 22.8 Å². The molecule has 4 rings (SSSR count). The Morgan fingerprint density at radius 2 is 2.10 bits per heavy atom. The van der Waals surface area contributed by atoms with Crippen LogP contribution in [0.25, 0.3) is 10.9 Å². The van der Waals surface area contributed by atoms with Crippen molar-refractivity contribution in [1.29, 1.82) is 0 Å². The number of halogens is 1. The van der Waals surface area contributed by atoms with E-state index in [0.717, 1.165) is 55.1 Å². The Kier molecular flexibility index (Phi) is 6.82. The van der Waals surface area contributed by atoms with Crippen LogP contribution in [0.1, 0.15) is 66.3 Å². The summed E-state index contributed by atoms with van der Waals surface area (Å²) in [4.78, 5) is 35.7. The third-order valence-corrected chi connectivity index (χ3v) is 6.00. The van der Waals surface area contributed by atoms with Gasteiger partial charge in [-0.1, -0.05) is 30.2 Å². The molecule has 2 heterocycles. The van der Waals surface area contributed by atoms with Crippen molar-refractivity contribution in [2.24, 2.45) is 0 Å². The summed E-state index contributed by atoms with van der Waals surface area (Å²) in [6, 6.07) is 5.95. The Balaban J connectivity index is 1.21. The molecule has 0 spiro atoms. The molecule has 1 atom stereocenters. The van der Waals surface area contributed by atoms with E-state index < -0.39 is 0 Å². The summed E-state index contributed by atoms with van der Waals surface area (Å²) < 4.78 is 0. The molecule has 31 heavy (non-hydrogen) atoms. The molecule has 1 aromatic carbocycles. The van der Waals surface area contributed by atoms with Crippen LogP contribution in [0.5, 0.6) is 0 Å². The fraction of sp³-hybridized carbons (Fsp3) is 0.391. The lowest BCUT2D eigenvalue weighted by molar-refractivity contribution is -0.122. The second-order valence-corrected chi connectivity index (χ2v) is 8.26. The third kappa shape index (κ3) is 5.05. The monoisotopic (exact) mass is 439 g/mol. The standard InChI is InChI=1S/C23H26ClN5O2/c24-17-8-4-6-15-16-7-5-9-18(22(16)29-21(15)17)28-20(30)10-2-1-3-11-27-23(31)19-14-25-12-13-26-19/h4,6,8,12-14,18,29H,1-3,5,7,9-11H2,(H,27,31)(H,28,30)/t18-/m1/s1. The maximum Gasteiger partial charge on any atom is 0.271 e. The maximum absolute atomic E-state index is 12.5. The molecule has 0 fully saturated rings. The number of para-hydroxylation sites is 1. The fourth-order valence-corrected chi connectivity index (χ4v) is 4.38. The highest BCUT2D eigenvalue weighted by atomic mass is 35.5. The summed E-state index contributed by atoms with van der Waals surface area (Å²) in [7, 11) is 0. The van der Waals surface area contributed by atoms with Crippen molar-refractivity contribution >= 4 is 34.3 Å². The number of unbranched alkanes of at least 4 members (excludes halogenated alkanes) is 2. The van der Waals surface area contributed by atoms with Gasteiger partial charge >= 0.3 is 0 Å². The van der Waals surface area contributed by atoms with Crippen LogP contribution in [-0.2, 0) is 11.2 Å². The van der Waals surface area contributed by atoms with Crippen LogP contribution in [0, 0.1) is 0 Å². The Morgan fingerprint density at radius 3 is 2.94 bits per heavy atom. The van der Waals surface area contributed by atoms with Crippen LogP contribution in [0.15, 0.2) is 36.8 Å². The van der Waals surface area contributed by atoms with Crippen LogP contribution in [-0.4, -0.2) is 33.3 Å². The van der Waals surface area contributed by atoms with Gasteiger partial charge in [-0.15, -0.1) is 0 Å². The van der Waals surface area contributed by atoms with Crippen LogP contribution < -0.4 is 10.6 Å². The van der Waals surface area contributed by atoms with Gasteiger partial charge in [-0.2, -0.15) is 0 Å². The normalized spacial score (nSPS) is 15.5. The third-order valence-electron chi connectivity index (χ3n) is 5.69. The van der Waals surface area contributed by atoms with E-state index in [4.69, 9.17) is 11.6 Å². The SMILES string of the molecule is O=C(CCCCCNC(=O)c1cnccn1)N[C@@H]1CCCc2c1[nH]c1c(Cl)cccc21. The Labute approximate surface area is 186 Å². The number of aryl methyl sites for hydroxylation is 1. The van der Waals surface area contributed by atoms with E-state index in [0.29, 0.717) is 23.7 Å². The largest absolute Gasteiger partial charge is 0.355 e. The average molecular weight is 440 g/mol. The minimum atomic E-state index is -0.225. The molecule has 0 saturated heterocycles. The number of aromatic amines is 1. The number of H-pyrrole nitrogens is 1. The Hall–Kier alpha value is -2.93. The highest BCUT2D eigenvalue weighted by Gasteiger charge is 2.25. The molecule has 0 radical (unpaired) electrons. The number of hydrogen-bond donors (Lipinski definition) is 3. The predicted octanol–water partition coefficient (Wildman–Crippen LogP) is 4.10. The quantitative estimate of drug-likeness (QED) is 0.460. The number of carbonyl (C=O) groups excluding carboxylic acids is 2. The first-order valence-electron chi connectivity index (χ1n) is 10.8. The molecule has 0 aliphatic heterocycles. The smallest absolute Gasteiger partial charge is 0.271 e. The second-order valence-electron chi connectivity index (χ2n) is 7.85. The van der Waals surface area contributed by atoms with E-state index in [1.54, 1.807) is 0 Å². The Morgan fingerprint density at radius 1 is 1.19 bits per heavy atom. The van der Waals surface area contributed by atoms with Crippen molar-refractivity contribution in [2.75, 3.05) is 6.54 Å². The van der Waals surface area contributed by atoms with Gasteiger partial charge in [0.15, 0.2) is 0 Å². The molecular formula is C23H26ClN5O2. The lowest BCUT2D eigenvalue weighted by atomic mass is 9.91. The highest BCUT2D eigenvalue weighted by Crippen LogP contribution is 2.36. The molecule has 3 aromatic rings. The molecule has 3 N–H and O–H groups in total. The first-order chi connectivity index (χ1) is 15.1. The minimum Gasteiger partial charge on any atom is -0.355 e. The molecule has 1 aliphatic carbocycles. The fourth-order valence-electron chi connectivity index (χ4n) is 4.16. The minimum absolute atomic E-state index is 0.00554. The van der Waals surface area contributed by atoms with Gasteiger partial charge in [-0.05, 0) is 43.7 Å². The molecule has 162 valence electrons. The van der Waals surface area contributed by atoms with Gasteiger partial charge in [0.1, 0.15) is 5.69 Å². The summed E-state index contributed by atoms with van der Waals surface area (Å²) in [6.07, 6.45) is 10.4. The zero-order chi connectivity index (χ0) is 21.6. The zero-order valence-electron chi connectivity index (χ0n) is 17.3. The number of rotatable bonds is 8. The van der Waals surface area contributed by atoms with Crippen molar-refractivity contribution in [3.63, 3.8) is 0 Å². The zero-order valence-corrected chi connectivity index (χ0v) is 18.0. The predicted molar refractivity (Wildman–Crippen MR) is 120 cm³/mol. The van der Waals surface area contributed by atoms with E-state index in [1.807, 2.05) is 12.1 Å². The molecule has 1 aliphatic rings. The summed E-state index contributed by atoms with van der Waals surface area (Å²) in [5, 5.41) is 7.88. The molecule has 7 nitrogen and oxygen atoms in total. The molecule has 0 saturated carbocycles. The van der Waals surface area contributed by atoms with Crippen LogP contribution in [0.4, 0.5) is 0 Å². The van der Waals surface area contributed by atoms with Crippen molar-refractivity contribution in [3.05, 3.63) is 58.8 Å². The lowest BCUT2D eigenvalue weighted by Gasteiger charge is -2.24. The number of carbonyl (C=O) groups is 2. The van der Waals surface area contributed by atoms with Crippen molar-refractivity contribution in [3.8, 4) is 0 Å². The first kappa shape index (κ1) is 21.3. The van der Waals surface area contributed by atoms with Crippen LogP contribution >= 0.6 is 11.6 Å². The van der Waals surface area contributed by atoms with Gasteiger partial charge in [0.25, 0.3) is 5.91 Å². The van der Waals surface area contributed by atoms with Gasteiger partial charge < -0.3 is 15.6 Å². The number of hydrogen-bond acceptors (Lipinski definition) is 4. The lowest BCUT2D eigenvalue weighted by Crippen LogP contribution is -2.30. The number of aromatic nitrogens is 3. The number of benzene rings is 1. The number of fused-ring (bicyclic) bond motifs is 3. The van der Waals surface area contributed by atoms with E-state index in [2.05, 4.69) is 31.7 Å². The molecule has 0 unspecified atom stereocenters. The highest BCUT2D eigenvalue weighted by molar-refractivity contribution is 6.35. The van der Waals surface area contributed by atoms with Gasteiger partial charge in [0.2, 0.25) is 5.91 Å². The van der Waals surface area contributed by atoms with E-state index in [1.165, 1.54) is 24.2 Å². The molecule has 0 bridgehead atoms. The maximum atomic E-state index is 12.5. The van der Waals surface area contributed by atoms with Gasteiger partial charge in [-0.3, -0.25) is 14.6 Å². The van der Waals surface area contributed by atoms with E-state index in [9.17, 15) is 9.59 Å². The van der Waals surface area contributed by atoms with E-state index >= 15 is 0 Å². The van der Waals surface area contributed by atoms with Crippen LogP contribution in [0.3, 0.4) is 0 Å². The summed E-state index contributed by atoms with van der Waals surface area (Å²) in [5.41, 5.74) is 3.63. The second kappa shape index (κ2) is 9.92. The molecule has 2 aromatic heterocycles. The molecular weight excluding hydrogens is 414 g/mol. The summed E-state index contributed by atoms with van der Waals surface area (Å²) >= 11 is 6.34. The number of nitrogens with one attached hydrogen (secondary N) is 3. The number of amides is 2. The van der Waals surface area contributed by atoms with E-state index in [-0.39, 0.29) is 17.9 Å². The Bertz CT molecular complexity index is 1070. The van der Waals surface area contributed by atoms with Gasteiger partial charge in [-0.25, -0.2) is 4.98 Å². The molecule has 8 heteroatoms. The summed E-state index contributed by atoms with van der Waals surface area (Å²) in [6.45, 7) is 0.554. The van der Waals surface area contributed by atoms with Gasteiger partial charge in [0, 0.05) is 36.4 Å². The van der Waals surface area contributed by atoms with Crippen LogP contribution in [0.2, 0.25) is 5.02 Å². The van der Waals surface area contributed by atoms with Crippen molar-refractivity contribution < 1.29 is 9.59 Å². The topological polar surface area (TPSA) is 99.8 Å². The average Bonchev–Trinajstić information content (AvgIpc) is 3.18. The van der Waals surface area contributed by atoms with Crippen molar-refractivity contribution in [2.45, 2.75) is 51.0 Å². The van der Waals surface area contributed by atoms with Crippen molar-refractivity contribution in [1.82, 2.24) is 25.6 Å². The first-order valence-corrected chi connectivity index (χ1v) is 11.1. The number of nitrogens with zero attached hydrogens (tertiary/aromatic N) is 2.